The molecule has 2 rings (SSSR count). The van der Waals surface area contributed by atoms with E-state index in [4.69, 9.17) is 11.2 Å². The van der Waals surface area contributed by atoms with Crippen LogP contribution in [0.4, 0.5) is 0 Å². The number of piperidine rings is 1. The van der Waals surface area contributed by atoms with E-state index in [9.17, 15) is 9.90 Å². The highest BCUT2D eigenvalue weighted by molar-refractivity contribution is 5.78. The van der Waals surface area contributed by atoms with E-state index in [2.05, 4.69) is 16.1 Å². The lowest BCUT2D eigenvalue weighted by molar-refractivity contribution is -0.126. The number of terminal acetylenes is 1. The maximum atomic E-state index is 12.3. The van der Waals surface area contributed by atoms with Crippen LogP contribution in [0.1, 0.15) is 38.4 Å². The Hall–Kier alpha value is -2.03. The Morgan fingerprint density at radius 1 is 1.44 bits per heavy atom. The third-order valence-corrected chi connectivity index (χ3v) is 4.36. The molecule has 1 amide bonds. The van der Waals surface area contributed by atoms with Gasteiger partial charge in [-0.3, -0.25) is 9.69 Å². The smallest absolute Gasteiger partial charge is 0.223 e. The molecule has 5 nitrogen and oxygen atoms in total. The molecule has 2 N–H and O–H groups in total. The molecule has 1 unspecified atom stereocenters. The quantitative estimate of drug-likeness (QED) is 0.743. The Bertz CT molecular complexity index is 601. The van der Waals surface area contributed by atoms with Gasteiger partial charge in [0.05, 0.1) is 18.8 Å². The Morgan fingerprint density at radius 2 is 2.16 bits per heavy atom. The molecule has 5 heteroatoms. The van der Waals surface area contributed by atoms with Gasteiger partial charge in [0.2, 0.25) is 5.91 Å². The van der Waals surface area contributed by atoms with E-state index >= 15 is 0 Å². The van der Waals surface area contributed by atoms with Crippen LogP contribution in [-0.4, -0.2) is 48.2 Å². The summed E-state index contributed by atoms with van der Waals surface area (Å²) in [5.74, 6) is 3.36. The second-order valence-corrected chi connectivity index (χ2v) is 6.75. The summed E-state index contributed by atoms with van der Waals surface area (Å²) in [5, 5.41) is 13.2. The molecule has 136 valence electrons. The first kappa shape index (κ1) is 19.3. The van der Waals surface area contributed by atoms with E-state index in [1.165, 1.54) is 0 Å². The van der Waals surface area contributed by atoms with E-state index in [0.717, 1.165) is 37.2 Å². The van der Waals surface area contributed by atoms with Gasteiger partial charge in [-0.1, -0.05) is 18.1 Å². The molecule has 1 fully saturated rings. The fraction of sp³-hybridized carbons (Fsp3) is 0.550. The second-order valence-electron chi connectivity index (χ2n) is 6.75. The zero-order valence-corrected chi connectivity index (χ0v) is 15.1. The molecule has 0 saturated carbocycles. The molecule has 1 aromatic carbocycles. The second kappa shape index (κ2) is 9.45. The summed E-state index contributed by atoms with van der Waals surface area (Å²) in [7, 11) is 0. The highest BCUT2D eigenvalue weighted by Gasteiger charge is 2.24. The summed E-state index contributed by atoms with van der Waals surface area (Å²) < 4.78 is 5.64. The van der Waals surface area contributed by atoms with Crippen molar-refractivity contribution in [2.45, 2.75) is 38.9 Å². The topological polar surface area (TPSA) is 61.8 Å². The van der Waals surface area contributed by atoms with Crippen LogP contribution < -0.4 is 10.1 Å². The standard InChI is InChI=1S/C20H28N2O3/c1-4-10-22-11-8-16(9-12-22)20(24)21-14-19(23)17-6-5-7-18(13-17)25-15(2)3/h1,5-7,13,15-16,19,23H,8-12,14H2,2-3H3,(H,21,24). The minimum atomic E-state index is -0.749. The molecule has 25 heavy (non-hydrogen) atoms. The molecule has 0 spiro atoms. The maximum absolute atomic E-state index is 12.3. The number of carbonyl (C=O) groups excluding carboxylic acids is 1. The van der Waals surface area contributed by atoms with Crippen LogP contribution >= 0.6 is 0 Å². The van der Waals surface area contributed by atoms with Crippen LogP contribution in [0, 0.1) is 18.3 Å². The number of carbonyl (C=O) groups is 1. The number of nitrogens with one attached hydrogen (secondary N) is 1. The van der Waals surface area contributed by atoms with Gasteiger partial charge in [-0.15, -0.1) is 6.42 Å². The van der Waals surface area contributed by atoms with Crippen molar-refractivity contribution < 1.29 is 14.6 Å². The summed E-state index contributed by atoms with van der Waals surface area (Å²) in [6.45, 7) is 6.45. The minimum Gasteiger partial charge on any atom is -0.491 e. The number of aliphatic hydroxyl groups is 1. The Morgan fingerprint density at radius 3 is 2.80 bits per heavy atom. The molecule has 0 bridgehead atoms. The fourth-order valence-corrected chi connectivity index (χ4v) is 3.01. The number of hydrogen-bond acceptors (Lipinski definition) is 4. The van der Waals surface area contributed by atoms with Crippen molar-refractivity contribution in [3.05, 3.63) is 29.8 Å². The molecule has 1 atom stereocenters. The number of aliphatic hydroxyl groups excluding tert-OH is 1. The van der Waals surface area contributed by atoms with Crippen molar-refractivity contribution in [3.8, 4) is 18.1 Å². The first-order valence-corrected chi connectivity index (χ1v) is 8.87. The summed E-state index contributed by atoms with van der Waals surface area (Å²) >= 11 is 0. The number of likely N-dealkylation sites (tertiary alicyclic amines) is 1. The Labute approximate surface area is 150 Å². The van der Waals surface area contributed by atoms with E-state index in [1.807, 2.05) is 38.1 Å². The highest BCUT2D eigenvalue weighted by Crippen LogP contribution is 2.21. The zero-order chi connectivity index (χ0) is 18.2. The molecule has 0 aliphatic carbocycles. The SMILES string of the molecule is C#CCN1CCC(C(=O)NCC(O)c2cccc(OC(C)C)c2)CC1. The number of ether oxygens (including phenoxy) is 1. The van der Waals surface area contributed by atoms with Gasteiger partial charge in [0.15, 0.2) is 0 Å². The van der Waals surface area contributed by atoms with Crippen molar-refractivity contribution in [3.63, 3.8) is 0 Å². The zero-order valence-electron chi connectivity index (χ0n) is 15.1. The third kappa shape index (κ3) is 6.08. The summed E-state index contributed by atoms with van der Waals surface area (Å²) in [6, 6.07) is 7.36. The van der Waals surface area contributed by atoms with Crippen LogP contribution in [-0.2, 0) is 4.79 Å². The predicted molar refractivity (Wildman–Crippen MR) is 98.2 cm³/mol. The molecular formula is C20H28N2O3. The molecule has 0 radical (unpaired) electrons. The minimum absolute atomic E-state index is 0.00293. The molecular weight excluding hydrogens is 316 g/mol. The van der Waals surface area contributed by atoms with Gasteiger partial charge < -0.3 is 15.2 Å². The highest BCUT2D eigenvalue weighted by atomic mass is 16.5. The summed E-state index contributed by atoms with van der Waals surface area (Å²) in [6.07, 6.45) is 6.26. The van der Waals surface area contributed by atoms with Crippen molar-refractivity contribution in [2.75, 3.05) is 26.2 Å². The first-order chi connectivity index (χ1) is 12.0. The van der Waals surface area contributed by atoms with Gasteiger partial charge in [0.1, 0.15) is 5.75 Å². The van der Waals surface area contributed by atoms with Crippen molar-refractivity contribution >= 4 is 5.91 Å². The lowest BCUT2D eigenvalue weighted by Crippen LogP contribution is -2.41. The predicted octanol–water partition coefficient (Wildman–Crippen LogP) is 1.97. The van der Waals surface area contributed by atoms with Gasteiger partial charge in [-0.2, -0.15) is 0 Å². The van der Waals surface area contributed by atoms with Crippen LogP contribution in [0.5, 0.6) is 5.75 Å². The molecule has 1 saturated heterocycles. The molecule has 0 aromatic heterocycles. The van der Waals surface area contributed by atoms with Crippen LogP contribution in [0.2, 0.25) is 0 Å². The third-order valence-electron chi connectivity index (χ3n) is 4.36. The van der Waals surface area contributed by atoms with Gasteiger partial charge in [-0.05, 0) is 57.5 Å². The van der Waals surface area contributed by atoms with E-state index in [0.29, 0.717) is 6.54 Å². The van der Waals surface area contributed by atoms with Gasteiger partial charge in [0.25, 0.3) is 0 Å². The van der Waals surface area contributed by atoms with Crippen molar-refractivity contribution in [1.29, 1.82) is 0 Å². The van der Waals surface area contributed by atoms with E-state index in [-0.39, 0.29) is 24.5 Å². The number of benzene rings is 1. The fourth-order valence-electron chi connectivity index (χ4n) is 3.01. The maximum Gasteiger partial charge on any atom is 0.223 e. The normalized spacial score (nSPS) is 17.1. The Balaban J connectivity index is 1.81. The van der Waals surface area contributed by atoms with Crippen molar-refractivity contribution in [2.24, 2.45) is 5.92 Å². The lowest BCUT2D eigenvalue weighted by Gasteiger charge is -2.30. The number of amides is 1. The lowest BCUT2D eigenvalue weighted by atomic mass is 9.96. The van der Waals surface area contributed by atoms with Crippen molar-refractivity contribution in [1.82, 2.24) is 10.2 Å². The monoisotopic (exact) mass is 344 g/mol. The average molecular weight is 344 g/mol. The first-order valence-electron chi connectivity index (χ1n) is 8.87. The van der Waals surface area contributed by atoms with E-state index in [1.54, 1.807) is 0 Å². The van der Waals surface area contributed by atoms with Gasteiger partial charge >= 0.3 is 0 Å². The van der Waals surface area contributed by atoms with Crippen LogP contribution in [0.15, 0.2) is 24.3 Å². The summed E-state index contributed by atoms with van der Waals surface area (Å²) in [4.78, 5) is 14.5. The molecule has 1 heterocycles. The number of hydrogen-bond donors (Lipinski definition) is 2. The number of rotatable bonds is 7. The summed E-state index contributed by atoms with van der Waals surface area (Å²) in [5.41, 5.74) is 0.738. The largest absolute Gasteiger partial charge is 0.491 e. The molecule has 1 aromatic rings. The number of nitrogens with zero attached hydrogens (tertiary/aromatic N) is 1. The average Bonchev–Trinajstić information content (AvgIpc) is 2.60. The van der Waals surface area contributed by atoms with Gasteiger partial charge in [0, 0.05) is 12.5 Å². The molecule has 1 aliphatic rings. The Kier molecular flexibility index (Phi) is 7.30. The van der Waals surface area contributed by atoms with Crippen LogP contribution in [0.25, 0.3) is 0 Å². The van der Waals surface area contributed by atoms with E-state index < -0.39 is 6.10 Å². The van der Waals surface area contributed by atoms with Gasteiger partial charge in [-0.25, -0.2) is 0 Å². The van der Waals surface area contributed by atoms with Crippen LogP contribution in [0.3, 0.4) is 0 Å². The molecule has 1 aliphatic heterocycles.